The zero-order valence-electron chi connectivity index (χ0n) is 17.2. The minimum absolute atomic E-state index is 0.0306. The maximum Gasteiger partial charge on any atom is 0.246 e. The molecule has 1 unspecified atom stereocenters. The predicted octanol–water partition coefficient (Wildman–Crippen LogP) is 1.98. The fourth-order valence-electron chi connectivity index (χ4n) is 4.16. The van der Waals surface area contributed by atoms with Crippen LogP contribution in [0.5, 0.6) is 11.5 Å². The number of ether oxygens (including phenoxy) is 4. The van der Waals surface area contributed by atoms with Crippen molar-refractivity contribution in [3.8, 4) is 11.5 Å². The van der Waals surface area contributed by atoms with Gasteiger partial charge < -0.3 is 24.3 Å². The summed E-state index contributed by atoms with van der Waals surface area (Å²) in [5.41, 5.74) is 1.14. The zero-order valence-corrected chi connectivity index (χ0v) is 17.2. The quantitative estimate of drug-likeness (QED) is 0.730. The van der Waals surface area contributed by atoms with Gasteiger partial charge in [0, 0.05) is 44.9 Å². The Morgan fingerprint density at radius 3 is 2.68 bits per heavy atom. The lowest BCUT2D eigenvalue weighted by atomic mass is 9.88. The van der Waals surface area contributed by atoms with Crippen LogP contribution in [0.25, 0.3) is 0 Å². The SMILES string of the molecule is COCC(=O)NCC1CCC2(CCN(Cc3ccc(OC)cc3OC)CC2)O1. The Bertz CT molecular complexity index is 658. The molecule has 2 aliphatic rings. The van der Waals surface area contributed by atoms with Gasteiger partial charge in [-0.25, -0.2) is 0 Å². The molecule has 0 radical (unpaired) electrons. The molecule has 0 saturated carbocycles. The number of carbonyl (C=O) groups is 1. The molecule has 0 bridgehead atoms. The second kappa shape index (κ2) is 9.58. The number of nitrogens with one attached hydrogen (secondary N) is 1. The highest BCUT2D eigenvalue weighted by Gasteiger charge is 2.42. The summed E-state index contributed by atoms with van der Waals surface area (Å²) in [4.78, 5) is 14.0. The van der Waals surface area contributed by atoms with Crippen LogP contribution in [0.1, 0.15) is 31.2 Å². The van der Waals surface area contributed by atoms with Gasteiger partial charge in [0.2, 0.25) is 5.91 Å². The Morgan fingerprint density at radius 1 is 1.21 bits per heavy atom. The van der Waals surface area contributed by atoms with E-state index in [2.05, 4.69) is 16.3 Å². The van der Waals surface area contributed by atoms with Crippen LogP contribution in [0, 0.1) is 0 Å². The number of likely N-dealkylation sites (tertiary alicyclic amines) is 1. The summed E-state index contributed by atoms with van der Waals surface area (Å²) in [5.74, 6) is 1.58. The number of piperidine rings is 1. The molecule has 28 heavy (non-hydrogen) atoms. The molecule has 1 N–H and O–H groups in total. The third-order valence-electron chi connectivity index (χ3n) is 5.80. The van der Waals surface area contributed by atoms with Gasteiger partial charge in [-0.1, -0.05) is 6.07 Å². The lowest BCUT2D eigenvalue weighted by molar-refractivity contribution is -0.126. The van der Waals surface area contributed by atoms with E-state index in [1.54, 1.807) is 14.2 Å². The molecule has 1 amide bonds. The highest BCUT2D eigenvalue weighted by Crippen LogP contribution is 2.39. The number of methoxy groups -OCH3 is 3. The molecular weight excluding hydrogens is 360 g/mol. The van der Waals surface area contributed by atoms with E-state index in [0.29, 0.717) is 6.54 Å². The predicted molar refractivity (Wildman–Crippen MR) is 106 cm³/mol. The number of carbonyl (C=O) groups excluding carboxylic acids is 1. The molecule has 1 atom stereocenters. The maximum absolute atomic E-state index is 11.6. The molecule has 7 heteroatoms. The molecule has 2 aliphatic heterocycles. The molecule has 1 aromatic carbocycles. The first-order valence-electron chi connectivity index (χ1n) is 9.94. The van der Waals surface area contributed by atoms with Gasteiger partial charge in [0.25, 0.3) is 0 Å². The van der Waals surface area contributed by atoms with Crippen molar-refractivity contribution in [1.29, 1.82) is 0 Å². The first kappa shape index (κ1) is 20.9. The van der Waals surface area contributed by atoms with Gasteiger partial charge in [-0.2, -0.15) is 0 Å². The number of amides is 1. The molecule has 1 aromatic rings. The van der Waals surface area contributed by atoms with E-state index in [9.17, 15) is 4.79 Å². The van der Waals surface area contributed by atoms with Crippen LogP contribution in [0.4, 0.5) is 0 Å². The lowest BCUT2D eigenvalue weighted by Crippen LogP contribution is -2.45. The van der Waals surface area contributed by atoms with Crippen molar-refractivity contribution in [2.75, 3.05) is 47.6 Å². The molecule has 2 heterocycles. The van der Waals surface area contributed by atoms with Crippen LogP contribution in [-0.2, 0) is 20.8 Å². The van der Waals surface area contributed by atoms with Gasteiger partial charge in [0.05, 0.1) is 25.9 Å². The second-order valence-corrected chi connectivity index (χ2v) is 7.65. The van der Waals surface area contributed by atoms with E-state index in [-0.39, 0.29) is 24.2 Å². The molecule has 7 nitrogen and oxygen atoms in total. The standard InChI is InChI=1S/C21H32N2O5/c1-25-15-20(24)22-13-18-6-7-21(28-18)8-10-23(11-9-21)14-16-4-5-17(26-2)12-19(16)27-3/h4-5,12,18H,6-11,13-15H2,1-3H3,(H,22,24). The third-order valence-corrected chi connectivity index (χ3v) is 5.80. The van der Waals surface area contributed by atoms with Gasteiger partial charge >= 0.3 is 0 Å². The van der Waals surface area contributed by atoms with Crippen molar-refractivity contribution in [2.45, 2.75) is 43.9 Å². The van der Waals surface area contributed by atoms with Crippen molar-refractivity contribution < 1.29 is 23.7 Å². The first-order valence-corrected chi connectivity index (χ1v) is 9.94. The lowest BCUT2D eigenvalue weighted by Gasteiger charge is -2.39. The third kappa shape index (κ3) is 5.16. The Hall–Kier alpha value is -1.83. The Balaban J connectivity index is 1.48. The summed E-state index contributed by atoms with van der Waals surface area (Å²) in [6.07, 6.45) is 4.22. The number of benzene rings is 1. The molecule has 2 fully saturated rings. The van der Waals surface area contributed by atoms with Crippen LogP contribution >= 0.6 is 0 Å². The van der Waals surface area contributed by atoms with Crippen LogP contribution in [0.3, 0.4) is 0 Å². The highest BCUT2D eigenvalue weighted by molar-refractivity contribution is 5.77. The summed E-state index contributed by atoms with van der Waals surface area (Å²) in [6, 6.07) is 5.99. The summed E-state index contributed by atoms with van der Waals surface area (Å²) in [7, 11) is 4.88. The summed E-state index contributed by atoms with van der Waals surface area (Å²) >= 11 is 0. The number of nitrogens with zero attached hydrogens (tertiary/aromatic N) is 1. The second-order valence-electron chi connectivity index (χ2n) is 7.65. The van der Waals surface area contributed by atoms with Crippen LogP contribution in [-0.4, -0.2) is 70.1 Å². The van der Waals surface area contributed by atoms with E-state index in [1.807, 2.05) is 12.1 Å². The van der Waals surface area contributed by atoms with Gasteiger partial charge in [-0.3, -0.25) is 9.69 Å². The fourth-order valence-corrected chi connectivity index (χ4v) is 4.16. The minimum atomic E-state index is -0.0877. The van der Waals surface area contributed by atoms with Gasteiger partial charge in [0.15, 0.2) is 0 Å². The normalized spacial score (nSPS) is 21.6. The van der Waals surface area contributed by atoms with Crippen molar-refractivity contribution in [2.24, 2.45) is 0 Å². The Labute approximate surface area is 167 Å². The number of hydrogen-bond acceptors (Lipinski definition) is 6. The van der Waals surface area contributed by atoms with Gasteiger partial charge in [0.1, 0.15) is 18.1 Å². The van der Waals surface area contributed by atoms with Crippen LogP contribution in [0.2, 0.25) is 0 Å². The van der Waals surface area contributed by atoms with Crippen LogP contribution < -0.4 is 14.8 Å². The van der Waals surface area contributed by atoms with E-state index < -0.39 is 0 Å². The van der Waals surface area contributed by atoms with E-state index in [0.717, 1.165) is 56.8 Å². The Morgan fingerprint density at radius 2 is 2.00 bits per heavy atom. The Kier molecular flexibility index (Phi) is 7.15. The summed E-state index contributed by atoms with van der Waals surface area (Å²) < 4.78 is 22.0. The summed E-state index contributed by atoms with van der Waals surface area (Å²) in [6.45, 7) is 3.52. The molecule has 156 valence electrons. The molecule has 0 aromatic heterocycles. The van der Waals surface area contributed by atoms with Crippen LogP contribution in [0.15, 0.2) is 18.2 Å². The largest absolute Gasteiger partial charge is 0.497 e. The zero-order chi connectivity index (χ0) is 20.0. The van der Waals surface area contributed by atoms with Crippen molar-refractivity contribution >= 4 is 5.91 Å². The highest BCUT2D eigenvalue weighted by atomic mass is 16.5. The minimum Gasteiger partial charge on any atom is -0.497 e. The fraction of sp³-hybridized carbons (Fsp3) is 0.667. The molecule has 0 aliphatic carbocycles. The van der Waals surface area contributed by atoms with Gasteiger partial charge in [-0.05, 0) is 31.7 Å². The topological polar surface area (TPSA) is 69.3 Å². The van der Waals surface area contributed by atoms with E-state index >= 15 is 0 Å². The van der Waals surface area contributed by atoms with Crippen molar-refractivity contribution in [3.63, 3.8) is 0 Å². The summed E-state index contributed by atoms with van der Waals surface area (Å²) in [5, 5.41) is 2.89. The first-order chi connectivity index (χ1) is 13.6. The molecule has 2 saturated heterocycles. The number of rotatable bonds is 8. The average molecular weight is 392 g/mol. The smallest absolute Gasteiger partial charge is 0.246 e. The maximum atomic E-state index is 11.6. The van der Waals surface area contributed by atoms with E-state index in [4.69, 9.17) is 18.9 Å². The molecular formula is C21H32N2O5. The van der Waals surface area contributed by atoms with Gasteiger partial charge in [-0.15, -0.1) is 0 Å². The molecule has 3 rings (SSSR count). The molecule has 1 spiro atoms. The monoisotopic (exact) mass is 392 g/mol. The van der Waals surface area contributed by atoms with Crippen molar-refractivity contribution in [3.05, 3.63) is 23.8 Å². The van der Waals surface area contributed by atoms with E-state index in [1.165, 1.54) is 12.7 Å². The number of hydrogen-bond donors (Lipinski definition) is 1. The average Bonchev–Trinajstić information content (AvgIpc) is 3.11. The van der Waals surface area contributed by atoms with Crippen molar-refractivity contribution in [1.82, 2.24) is 10.2 Å².